The third-order valence-corrected chi connectivity index (χ3v) is 4.26. The summed E-state index contributed by atoms with van der Waals surface area (Å²) in [7, 11) is 0. The van der Waals surface area contributed by atoms with Crippen LogP contribution in [0.2, 0.25) is 0 Å². The number of amides is 2. The topological polar surface area (TPSA) is 98.7 Å². The molecule has 2 amide bonds. The first-order chi connectivity index (χ1) is 11.4. The predicted molar refractivity (Wildman–Crippen MR) is 90.3 cm³/mol. The average Bonchev–Trinajstić information content (AvgIpc) is 2.48. The number of nitrogens with one attached hydrogen (secondary N) is 2. The first-order valence-electron chi connectivity index (χ1n) is 8.03. The number of anilines is 1. The number of likely N-dealkylation sites (N-methyl/N-ethyl adjacent to an activating group) is 1. The summed E-state index contributed by atoms with van der Waals surface area (Å²) >= 11 is 0. The van der Waals surface area contributed by atoms with Crippen molar-refractivity contribution in [2.24, 2.45) is 0 Å². The highest BCUT2D eigenvalue weighted by molar-refractivity contribution is 5.95. The van der Waals surface area contributed by atoms with E-state index in [0.29, 0.717) is 17.8 Å². The van der Waals surface area contributed by atoms with Gasteiger partial charge in [0.2, 0.25) is 0 Å². The van der Waals surface area contributed by atoms with Gasteiger partial charge in [-0.3, -0.25) is 14.5 Å². The van der Waals surface area contributed by atoms with E-state index < -0.39 is 5.97 Å². The van der Waals surface area contributed by atoms with Crippen LogP contribution in [-0.4, -0.2) is 53.0 Å². The number of carbonyl (C=O) groups excluding carboxylic acids is 2. The molecule has 24 heavy (non-hydrogen) atoms. The van der Waals surface area contributed by atoms with Crippen LogP contribution in [0.4, 0.5) is 10.5 Å². The summed E-state index contributed by atoms with van der Waals surface area (Å²) in [5.41, 5.74) is 1.22. The van der Waals surface area contributed by atoms with Crippen LogP contribution in [0.5, 0.6) is 0 Å². The normalized spacial score (nSPS) is 19.5. The first kappa shape index (κ1) is 17.9. The lowest BCUT2D eigenvalue weighted by atomic mass is 9.85. The highest BCUT2D eigenvalue weighted by Gasteiger charge is 2.34. The smallest absolute Gasteiger partial charge is 0.319 e. The van der Waals surface area contributed by atoms with Gasteiger partial charge in [-0.25, -0.2) is 4.79 Å². The van der Waals surface area contributed by atoms with E-state index in [9.17, 15) is 14.4 Å². The van der Waals surface area contributed by atoms with Crippen LogP contribution < -0.4 is 10.6 Å². The monoisotopic (exact) mass is 333 g/mol. The molecule has 1 aliphatic carbocycles. The third kappa shape index (κ3) is 4.79. The van der Waals surface area contributed by atoms with E-state index in [-0.39, 0.29) is 30.4 Å². The Morgan fingerprint density at radius 3 is 2.33 bits per heavy atom. The fourth-order valence-electron chi connectivity index (χ4n) is 2.82. The maximum Gasteiger partial charge on any atom is 0.319 e. The molecule has 0 aromatic heterocycles. The van der Waals surface area contributed by atoms with Gasteiger partial charge in [-0.1, -0.05) is 6.92 Å². The van der Waals surface area contributed by atoms with Crippen molar-refractivity contribution >= 4 is 23.5 Å². The molecule has 7 heteroatoms. The number of hydrogen-bond acceptors (Lipinski definition) is 4. The van der Waals surface area contributed by atoms with Gasteiger partial charge in [0.25, 0.3) is 0 Å². The molecule has 1 fully saturated rings. The Balaban J connectivity index is 1.76. The number of urea groups is 1. The molecule has 0 radical (unpaired) electrons. The number of hydrogen-bond donors (Lipinski definition) is 3. The van der Waals surface area contributed by atoms with Crippen molar-refractivity contribution < 1.29 is 19.5 Å². The van der Waals surface area contributed by atoms with Gasteiger partial charge < -0.3 is 15.7 Å². The summed E-state index contributed by atoms with van der Waals surface area (Å²) in [5.74, 6) is -0.853. The second-order valence-corrected chi connectivity index (χ2v) is 6.01. The molecule has 1 saturated carbocycles. The van der Waals surface area contributed by atoms with E-state index in [1.807, 2.05) is 11.8 Å². The van der Waals surface area contributed by atoms with Gasteiger partial charge in [0.1, 0.15) is 0 Å². The minimum Gasteiger partial charge on any atom is -0.480 e. The maximum absolute atomic E-state index is 12.0. The van der Waals surface area contributed by atoms with Crippen molar-refractivity contribution in [1.82, 2.24) is 10.2 Å². The Morgan fingerprint density at radius 2 is 1.83 bits per heavy atom. The van der Waals surface area contributed by atoms with Crippen molar-refractivity contribution in [2.45, 2.75) is 38.8 Å². The molecular formula is C17H23N3O4. The van der Waals surface area contributed by atoms with E-state index in [4.69, 9.17) is 5.11 Å². The summed E-state index contributed by atoms with van der Waals surface area (Å²) in [6.45, 7) is 4.13. The number of rotatable bonds is 7. The quantitative estimate of drug-likeness (QED) is 0.662. The Bertz CT molecular complexity index is 609. The number of carboxylic acids is 1. The van der Waals surface area contributed by atoms with E-state index >= 15 is 0 Å². The molecule has 0 aliphatic heterocycles. The summed E-state index contributed by atoms with van der Waals surface area (Å²) in [6, 6.07) is 6.66. The molecule has 0 spiro atoms. The lowest BCUT2D eigenvalue weighted by Crippen LogP contribution is -2.55. The predicted octanol–water partition coefficient (Wildman–Crippen LogP) is 1.95. The summed E-state index contributed by atoms with van der Waals surface area (Å²) in [5, 5.41) is 14.5. The van der Waals surface area contributed by atoms with Crippen molar-refractivity contribution in [3.63, 3.8) is 0 Å². The van der Waals surface area contributed by atoms with Crippen LogP contribution in [0.3, 0.4) is 0 Å². The van der Waals surface area contributed by atoms with Gasteiger partial charge in [0.05, 0.1) is 6.54 Å². The number of aliphatic carboxylic acids is 1. The van der Waals surface area contributed by atoms with Crippen LogP contribution >= 0.6 is 0 Å². The van der Waals surface area contributed by atoms with Gasteiger partial charge >= 0.3 is 12.0 Å². The number of Topliss-reactive ketones (excluding diaryl/α,β-unsaturated/α-hetero) is 1. The Hall–Kier alpha value is -2.41. The molecule has 1 aromatic carbocycles. The minimum absolute atomic E-state index is 0.0200. The largest absolute Gasteiger partial charge is 0.480 e. The van der Waals surface area contributed by atoms with Gasteiger partial charge in [-0.15, -0.1) is 0 Å². The highest BCUT2D eigenvalue weighted by Crippen LogP contribution is 2.25. The fourth-order valence-corrected chi connectivity index (χ4v) is 2.82. The van der Waals surface area contributed by atoms with E-state index in [0.717, 1.165) is 12.8 Å². The van der Waals surface area contributed by atoms with Gasteiger partial charge in [-0.2, -0.15) is 0 Å². The highest BCUT2D eigenvalue weighted by atomic mass is 16.4. The number of carbonyl (C=O) groups is 3. The molecule has 2 rings (SSSR count). The molecule has 3 N–H and O–H groups in total. The van der Waals surface area contributed by atoms with E-state index in [1.54, 1.807) is 24.3 Å². The summed E-state index contributed by atoms with van der Waals surface area (Å²) < 4.78 is 0. The molecule has 1 aliphatic rings. The SMILES string of the molecule is CCN(CC(=O)O)C1CC(NC(=O)Nc2ccc(C(C)=O)cc2)C1. The zero-order valence-corrected chi connectivity index (χ0v) is 13.9. The molecule has 0 heterocycles. The Kier molecular flexibility index (Phi) is 5.92. The average molecular weight is 333 g/mol. The molecule has 0 atom stereocenters. The van der Waals surface area contributed by atoms with Crippen LogP contribution in [0.25, 0.3) is 0 Å². The first-order valence-corrected chi connectivity index (χ1v) is 8.03. The molecule has 7 nitrogen and oxygen atoms in total. The second kappa shape index (κ2) is 7.92. The summed E-state index contributed by atoms with van der Waals surface area (Å²) in [6.07, 6.45) is 1.50. The van der Waals surface area contributed by atoms with Gasteiger partial charge in [0, 0.05) is 23.3 Å². The second-order valence-electron chi connectivity index (χ2n) is 6.01. The summed E-state index contributed by atoms with van der Waals surface area (Å²) in [4.78, 5) is 35.9. The third-order valence-electron chi connectivity index (χ3n) is 4.26. The lowest BCUT2D eigenvalue weighted by molar-refractivity contribution is -0.139. The minimum atomic E-state index is -0.833. The molecule has 0 bridgehead atoms. The Labute approximate surface area is 141 Å². The fraction of sp³-hybridized carbons (Fsp3) is 0.471. The van der Waals surface area contributed by atoms with E-state index in [2.05, 4.69) is 10.6 Å². The maximum atomic E-state index is 12.0. The molecule has 0 unspecified atom stereocenters. The molecular weight excluding hydrogens is 310 g/mol. The van der Waals surface area contributed by atoms with Crippen LogP contribution in [0.1, 0.15) is 37.0 Å². The van der Waals surface area contributed by atoms with E-state index in [1.165, 1.54) is 6.92 Å². The van der Waals surface area contributed by atoms with Crippen molar-refractivity contribution in [3.05, 3.63) is 29.8 Å². The van der Waals surface area contributed by atoms with Gasteiger partial charge in [-0.05, 0) is 50.6 Å². The van der Waals surface area contributed by atoms with Crippen molar-refractivity contribution in [3.8, 4) is 0 Å². The lowest BCUT2D eigenvalue weighted by Gasteiger charge is -2.42. The Morgan fingerprint density at radius 1 is 1.21 bits per heavy atom. The standard InChI is InChI=1S/C17H23N3O4/c1-3-20(10-16(22)23)15-8-14(9-15)19-17(24)18-13-6-4-12(5-7-13)11(2)21/h4-7,14-15H,3,8-10H2,1-2H3,(H,22,23)(H2,18,19,24). The van der Waals surface area contributed by atoms with Crippen LogP contribution in [0.15, 0.2) is 24.3 Å². The zero-order valence-electron chi connectivity index (χ0n) is 13.9. The molecule has 0 saturated heterocycles. The molecule has 130 valence electrons. The van der Waals surface area contributed by atoms with Crippen LogP contribution in [-0.2, 0) is 4.79 Å². The number of benzene rings is 1. The molecule has 1 aromatic rings. The van der Waals surface area contributed by atoms with Crippen LogP contribution in [0, 0.1) is 0 Å². The van der Waals surface area contributed by atoms with Crippen molar-refractivity contribution in [2.75, 3.05) is 18.4 Å². The number of nitrogens with zero attached hydrogens (tertiary/aromatic N) is 1. The number of ketones is 1. The number of carboxylic acid groups (broad SMARTS) is 1. The van der Waals surface area contributed by atoms with Crippen molar-refractivity contribution in [1.29, 1.82) is 0 Å². The zero-order chi connectivity index (χ0) is 17.7. The van der Waals surface area contributed by atoms with Gasteiger partial charge in [0.15, 0.2) is 5.78 Å².